The topological polar surface area (TPSA) is 81.4 Å². The lowest BCUT2D eigenvalue weighted by Crippen LogP contribution is -2.19. The van der Waals surface area contributed by atoms with E-state index in [1.54, 1.807) is 18.2 Å². The molecule has 5 nitrogen and oxygen atoms in total. The van der Waals surface area contributed by atoms with E-state index < -0.39 is 12.0 Å². The number of carbonyl (C=O) groups excluding carboxylic acids is 2. The third-order valence-corrected chi connectivity index (χ3v) is 2.99. The maximum Gasteiger partial charge on any atom is 0.338 e. The second-order valence-corrected chi connectivity index (χ2v) is 4.57. The van der Waals surface area contributed by atoms with Crippen molar-refractivity contribution in [3.05, 3.63) is 65.2 Å². The highest BCUT2D eigenvalue weighted by Gasteiger charge is 2.09. The summed E-state index contributed by atoms with van der Waals surface area (Å²) in [7, 11) is 0. The summed E-state index contributed by atoms with van der Waals surface area (Å²) in [6, 6.07) is 13.4. The van der Waals surface area contributed by atoms with Gasteiger partial charge in [0.2, 0.25) is 0 Å². The molecule has 0 unspecified atom stereocenters. The van der Waals surface area contributed by atoms with Gasteiger partial charge in [0.15, 0.2) is 0 Å². The molecule has 0 bridgehead atoms. The second kappa shape index (κ2) is 6.56. The number of nitrogens with two attached hydrogens (primary N) is 1. The summed E-state index contributed by atoms with van der Waals surface area (Å²) >= 11 is 0. The van der Waals surface area contributed by atoms with Crippen LogP contribution in [-0.2, 0) is 11.3 Å². The number of nitrogens with one attached hydrogen (secondary N) is 1. The molecular formula is C16H16N2O3. The Bertz CT molecular complexity index is 668. The van der Waals surface area contributed by atoms with Gasteiger partial charge in [-0.2, -0.15) is 0 Å². The van der Waals surface area contributed by atoms with E-state index in [1.165, 1.54) is 6.07 Å². The fourth-order valence-electron chi connectivity index (χ4n) is 1.86. The molecule has 0 spiro atoms. The van der Waals surface area contributed by atoms with E-state index in [1.807, 2.05) is 31.2 Å². The number of aryl methyl sites for hydroxylation is 1. The Morgan fingerprint density at radius 3 is 2.62 bits per heavy atom. The van der Waals surface area contributed by atoms with Crippen LogP contribution in [0.25, 0.3) is 0 Å². The molecule has 3 N–H and O–H groups in total. The van der Waals surface area contributed by atoms with E-state index >= 15 is 0 Å². The van der Waals surface area contributed by atoms with Crippen molar-refractivity contribution in [2.45, 2.75) is 13.5 Å². The Hall–Kier alpha value is -2.82. The minimum atomic E-state index is -0.680. The number of rotatable bonds is 4. The number of esters is 1. The first-order valence-electron chi connectivity index (χ1n) is 6.44. The number of hydrogen-bond acceptors (Lipinski definition) is 3. The SMILES string of the molecule is Cc1ccccc1COC(=O)c1cccc(NC(N)=O)c1. The van der Waals surface area contributed by atoms with Gasteiger partial charge in [0.1, 0.15) is 6.61 Å². The third-order valence-electron chi connectivity index (χ3n) is 2.99. The van der Waals surface area contributed by atoms with Gasteiger partial charge >= 0.3 is 12.0 Å². The summed E-state index contributed by atoms with van der Waals surface area (Å²) in [4.78, 5) is 22.8. The van der Waals surface area contributed by atoms with Gasteiger partial charge in [0.25, 0.3) is 0 Å². The highest BCUT2D eigenvalue weighted by atomic mass is 16.5. The van der Waals surface area contributed by atoms with Crippen LogP contribution in [0.5, 0.6) is 0 Å². The molecule has 5 heteroatoms. The minimum absolute atomic E-state index is 0.207. The minimum Gasteiger partial charge on any atom is -0.457 e. The van der Waals surface area contributed by atoms with Crippen LogP contribution in [-0.4, -0.2) is 12.0 Å². The van der Waals surface area contributed by atoms with Crippen LogP contribution in [0.1, 0.15) is 21.5 Å². The van der Waals surface area contributed by atoms with E-state index in [0.29, 0.717) is 11.3 Å². The molecule has 0 saturated heterocycles. The molecule has 0 aliphatic heterocycles. The van der Waals surface area contributed by atoms with Gasteiger partial charge in [-0.15, -0.1) is 0 Å². The molecule has 0 aliphatic rings. The fraction of sp³-hybridized carbons (Fsp3) is 0.125. The van der Waals surface area contributed by atoms with Crippen molar-refractivity contribution in [2.24, 2.45) is 5.73 Å². The Kier molecular flexibility index (Phi) is 4.56. The van der Waals surface area contributed by atoms with Crippen LogP contribution < -0.4 is 11.1 Å². The average molecular weight is 284 g/mol. The van der Waals surface area contributed by atoms with Crippen molar-refractivity contribution >= 4 is 17.7 Å². The van der Waals surface area contributed by atoms with E-state index in [-0.39, 0.29) is 6.61 Å². The van der Waals surface area contributed by atoms with Crippen LogP contribution >= 0.6 is 0 Å². The van der Waals surface area contributed by atoms with E-state index in [4.69, 9.17) is 10.5 Å². The monoisotopic (exact) mass is 284 g/mol. The Balaban J connectivity index is 2.03. The maximum atomic E-state index is 12.0. The van der Waals surface area contributed by atoms with Gasteiger partial charge in [0, 0.05) is 5.69 Å². The predicted molar refractivity (Wildman–Crippen MR) is 79.9 cm³/mol. The quantitative estimate of drug-likeness (QED) is 0.847. The van der Waals surface area contributed by atoms with Crippen LogP contribution in [0.4, 0.5) is 10.5 Å². The molecule has 0 fully saturated rings. The molecule has 0 radical (unpaired) electrons. The zero-order valence-corrected chi connectivity index (χ0v) is 11.6. The van der Waals surface area contributed by atoms with E-state index in [9.17, 15) is 9.59 Å². The summed E-state index contributed by atoms with van der Waals surface area (Å²) in [5, 5.41) is 2.41. The van der Waals surface area contributed by atoms with E-state index in [2.05, 4.69) is 5.32 Å². The molecule has 0 atom stereocenters. The van der Waals surface area contributed by atoms with E-state index in [0.717, 1.165) is 11.1 Å². The lowest BCUT2D eigenvalue weighted by Gasteiger charge is -2.08. The first-order valence-corrected chi connectivity index (χ1v) is 6.44. The highest BCUT2D eigenvalue weighted by Crippen LogP contribution is 2.14. The van der Waals surface area contributed by atoms with Crippen molar-refractivity contribution < 1.29 is 14.3 Å². The summed E-state index contributed by atoms with van der Waals surface area (Å²) in [5.41, 5.74) is 7.86. The number of carbonyl (C=O) groups is 2. The molecule has 21 heavy (non-hydrogen) atoms. The molecule has 2 aromatic rings. The highest BCUT2D eigenvalue weighted by molar-refractivity contribution is 5.93. The molecule has 0 aromatic heterocycles. The number of benzene rings is 2. The van der Waals surface area contributed by atoms with Crippen LogP contribution in [0.2, 0.25) is 0 Å². The summed E-state index contributed by atoms with van der Waals surface area (Å²) in [6.45, 7) is 2.17. The van der Waals surface area contributed by atoms with Gasteiger partial charge in [-0.25, -0.2) is 9.59 Å². The molecule has 0 saturated carbocycles. The zero-order chi connectivity index (χ0) is 15.2. The van der Waals surface area contributed by atoms with Crippen molar-refractivity contribution in [3.63, 3.8) is 0 Å². The standard InChI is InChI=1S/C16H16N2O3/c1-11-5-2-3-6-13(11)10-21-15(19)12-7-4-8-14(9-12)18-16(17)20/h2-9H,10H2,1H3,(H3,17,18,20). The number of ether oxygens (including phenoxy) is 1. The third kappa shape index (κ3) is 4.07. The largest absolute Gasteiger partial charge is 0.457 e. The normalized spacial score (nSPS) is 9.95. The van der Waals surface area contributed by atoms with Gasteiger partial charge in [0.05, 0.1) is 5.56 Å². The summed E-state index contributed by atoms with van der Waals surface area (Å²) in [6.07, 6.45) is 0. The molecule has 108 valence electrons. The van der Waals surface area contributed by atoms with Gasteiger partial charge in [-0.1, -0.05) is 30.3 Å². The number of anilines is 1. The number of urea groups is 1. The first-order chi connectivity index (χ1) is 10.1. The smallest absolute Gasteiger partial charge is 0.338 e. The Labute approximate surface area is 122 Å². The maximum absolute atomic E-state index is 12.0. The summed E-state index contributed by atoms with van der Waals surface area (Å²) in [5.74, 6) is -0.452. The lowest BCUT2D eigenvalue weighted by molar-refractivity contribution is 0.0472. The predicted octanol–water partition coefficient (Wildman–Crippen LogP) is 2.84. The van der Waals surface area contributed by atoms with Gasteiger partial charge in [-0.05, 0) is 36.2 Å². The first kappa shape index (κ1) is 14.6. The van der Waals surface area contributed by atoms with Crippen molar-refractivity contribution in [1.29, 1.82) is 0 Å². The summed E-state index contributed by atoms with van der Waals surface area (Å²) < 4.78 is 5.27. The zero-order valence-electron chi connectivity index (χ0n) is 11.6. The van der Waals surface area contributed by atoms with Crippen molar-refractivity contribution in [1.82, 2.24) is 0 Å². The van der Waals surface area contributed by atoms with Crippen LogP contribution in [0, 0.1) is 6.92 Å². The Morgan fingerprint density at radius 1 is 1.14 bits per heavy atom. The molecule has 2 aromatic carbocycles. The van der Waals surface area contributed by atoms with Gasteiger partial charge < -0.3 is 15.8 Å². The number of hydrogen-bond donors (Lipinski definition) is 2. The molecule has 0 aliphatic carbocycles. The second-order valence-electron chi connectivity index (χ2n) is 4.57. The Morgan fingerprint density at radius 2 is 1.90 bits per heavy atom. The molecule has 0 heterocycles. The number of amides is 2. The molecular weight excluding hydrogens is 268 g/mol. The van der Waals surface area contributed by atoms with Crippen molar-refractivity contribution in [3.8, 4) is 0 Å². The number of primary amides is 1. The molecule has 2 amide bonds. The van der Waals surface area contributed by atoms with Gasteiger partial charge in [-0.3, -0.25) is 0 Å². The van der Waals surface area contributed by atoms with Crippen molar-refractivity contribution in [2.75, 3.05) is 5.32 Å². The van der Waals surface area contributed by atoms with Crippen LogP contribution in [0.15, 0.2) is 48.5 Å². The van der Waals surface area contributed by atoms with Crippen LogP contribution in [0.3, 0.4) is 0 Å². The fourth-order valence-corrected chi connectivity index (χ4v) is 1.86. The average Bonchev–Trinajstić information content (AvgIpc) is 2.45. The lowest BCUT2D eigenvalue weighted by atomic mass is 10.1. The molecule has 2 rings (SSSR count).